The Balaban J connectivity index is 1.66. The minimum absolute atomic E-state index is 0.000744. The molecule has 0 aromatic heterocycles. The molecule has 3 N–H and O–H groups in total. The largest absolute Gasteiger partial charge is 0.497 e. The number of hydrogen-bond acceptors (Lipinski definition) is 7. The van der Waals surface area contributed by atoms with Crippen LogP contribution in [0.1, 0.15) is 28.4 Å². The number of ether oxygens (including phenoxy) is 3. The summed E-state index contributed by atoms with van der Waals surface area (Å²) in [6.07, 6.45) is -1.97. The third-order valence-electron chi connectivity index (χ3n) is 6.87. The fourth-order valence-electron chi connectivity index (χ4n) is 4.71. The van der Waals surface area contributed by atoms with Crippen LogP contribution in [0.3, 0.4) is 0 Å². The number of nitrogens with zero attached hydrogens (tertiary/aromatic N) is 2. The van der Waals surface area contributed by atoms with E-state index >= 15 is 0 Å². The van der Waals surface area contributed by atoms with Gasteiger partial charge in [-0.2, -0.15) is 0 Å². The highest BCUT2D eigenvalue weighted by Crippen LogP contribution is 2.30. The van der Waals surface area contributed by atoms with Crippen molar-refractivity contribution in [1.29, 1.82) is 0 Å². The van der Waals surface area contributed by atoms with E-state index in [1.165, 1.54) is 55.4 Å². The first-order valence-corrected chi connectivity index (χ1v) is 13.2. The van der Waals surface area contributed by atoms with E-state index in [9.17, 15) is 28.7 Å². The third-order valence-corrected chi connectivity index (χ3v) is 6.87. The maximum Gasteiger partial charge on any atom is 0.323 e. The molecule has 2 atom stereocenters. The van der Waals surface area contributed by atoms with Gasteiger partial charge in [-0.25, -0.2) is 9.18 Å². The summed E-state index contributed by atoms with van der Waals surface area (Å²) in [4.78, 5) is 55.1. The number of methoxy groups -OCH3 is 3. The predicted octanol–water partition coefficient (Wildman–Crippen LogP) is 3.50. The van der Waals surface area contributed by atoms with Crippen molar-refractivity contribution in [2.45, 2.75) is 18.6 Å². The monoisotopic (exact) mass is 594 g/mol. The van der Waals surface area contributed by atoms with Gasteiger partial charge in [-0.15, -0.1) is 0 Å². The molecule has 0 aliphatic carbocycles. The second-order valence-electron chi connectivity index (χ2n) is 9.50. The van der Waals surface area contributed by atoms with Crippen molar-refractivity contribution in [3.8, 4) is 17.2 Å². The van der Waals surface area contributed by atoms with Gasteiger partial charge in [0.15, 0.2) is 17.7 Å². The highest BCUT2D eigenvalue weighted by Gasteiger charge is 2.44. The lowest BCUT2D eigenvalue weighted by Gasteiger charge is -2.31. The van der Waals surface area contributed by atoms with E-state index in [0.29, 0.717) is 28.5 Å². The van der Waals surface area contributed by atoms with Crippen LogP contribution in [0.5, 0.6) is 17.2 Å². The van der Waals surface area contributed by atoms with Crippen LogP contribution in [0.15, 0.2) is 66.7 Å². The Kier molecular flexibility index (Phi) is 9.65. The molecule has 0 saturated carbocycles. The lowest BCUT2D eigenvalue weighted by atomic mass is 10.0. The molecule has 3 aromatic carbocycles. The summed E-state index contributed by atoms with van der Waals surface area (Å²) < 4.78 is 29.3. The molecular formula is C30H31FN4O8. The van der Waals surface area contributed by atoms with Gasteiger partial charge in [0.2, 0.25) is 0 Å². The molecule has 43 heavy (non-hydrogen) atoms. The Labute approximate surface area is 246 Å². The van der Waals surface area contributed by atoms with Crippen molar-refractivity contribution in [3.05, 3.63) is 83.7 Å². The molecule has 1 aliphatic rings. The number of rotatable bonds is 10. The number of halogens is 1. The number of nitrogens with one attached hydrogen (secondary N) is 2. The van der Waals surface area contributed by atoms with E-state index in [1.807, 2.05) is 0 Å². The molecule has 0 spiro atoms. The normalized spacial score (nSPS) is 14.9. The minimum Gasteiger partial charge on any atom is -0.497 e. The Morgan fingerprint density at radius 2 is 1.53 bits per heavy atom. The van der Waals surface area contributed by atoms with Gasteiger partial charge in [0.1, 0.15) is 11.6 Å². The van der Waals surface area contributed by atoms with Crippen LogP contribution in [-0.2, 0) is 9.59 Å². The lowest BCUT2D eigenvalue weighted by molar-refractivity contribution is -0.138. The molecule has 0 bridgehead atoms. The maximum absolute atomic E-state index is 13.8. The molecule has 0 radical (unpaired) electrons. The first-order chi connectivity index (χ1) is 20.6. The van der Waals surface area contributed by atoms with Crippen molar-refractivity contribution in [2.75, 3.05) is 39.7 Å². The molecule has 12 nitrogen and oxygen atoms in total. The van der Waals surface area contributed by atoms with E-state index in [4.69, 9.17) is 14.2 Å². The summed E-state index contributed by atoms with van der Waals surface area (Å²) in [5.74, 6) is -1.86. The van der Waals surface area contributed by atoms with Crippen molar-refractivity contribution in [3.63, 3.8) is 0 Å². The second-order valence-corrected chi connectivity index (χ2v) is 9.50. The van der Waals surface area contributed by atoms with Crippen LogP contribution in [0.4, 0.5) is 14.9 Å². The molecule has 1 heterocycles. The van der Waals surface area contributed by atoms with Gasteiger partial charge in [-0.3, -0.25) is 19.3 Å². The van der Waals surface area contributed by atoms with E-state index in [0.717, 1.165) is 12.1 Å². The fraction of sp³-hybridized carbons (Fsp3) is 0.267. The van der Waals surface area contributed by atoms with Gasteiger partial charge < -0.3 is 34.9 Å². The van der Waals surface area contributed by atoms with Crippen molar-refractivity contribution < 1.29 is 42.9 Å². The van der Waals surface area contributed by atoms with E-state index in [-0.39, 0.29) is 18.7 Å². The number of hydrogen-bond donors (Lipinski definition) is 3. The van der Waals surface area contributed by atoms with E-state index in [2.05, 4.69) is 10.6 Å². The average molecular weight is 595 g/mol. The van der Waals surface area contributed by atoms with Gasteiger partial charge in [-0.05, 0) is 60.2 Å². The zero-order valence-electron chi connectivity index (χ0n) is 23.7. The van der Waals surface area contributed by atoms with Crippen LogP contribution < -0.4 is 24.8 Å². The van der Waals surface area contributed by atoms with E-state index in [1.54, 1.807) is 30.3 Å². The first kappa shape index (κ1) is 30.6. The number of aliphatic carboxylic acids is 1. The predicted molar refractivity (Wildman–Crippen MR) is 153 cm³/mol. The Morgan fingerprint density at radius 3 is 2.14 bits per heavy atom. The standard InChI is InChI=1S/C30H31FN4O8/c1-41-22-11-9-21(10-12-22)32-30(40)35-15-14-34(29(39)19-6-13-24(42-2)25(16-19)43-3)28(35)27(38)33-23(17-26(36)37)18-4-7-20(31)8-5-18/h4-13,16,23,28H,14-15,17H2,1-3H3,(H,32,40)(H,33,38)(H,36,37). The van der Waals surface area contributed by atoms with Crippen LogP contribution >= 0.6 is 0 Å². The van der Waals surface area contributed by atoms with Gasteiger partial charge in [0.05, 0.1) is 33.8 Å². The quantitative estimate of drug-likeness (QED) is 0.323. The molecule has 226 valence electrons. The second kappa shape index (κ2) is 13.6. The van der Waals surface area contributed by atoms with Gasteiger partial charge in [-0.1, -0.05) is 12.1 Å². The Bertz CT molecular complexity index is 1480. The molecule has 3 aromatic rings. The summed E-state index contributed by atoms with van der Waals surface area (Å²) in [5.41, 5.74) is 0.931. The maximum atomic E-state index is 13.8. The third kappa shape index (κ3) is 7.12. The molecule has 1 saturated heterocycles. The molecule has 13 heteroatoms. The molecule has 1 fully saturated rings. The molecule has 1 aliphatic heterocycles. The lowest BCUT2D eigenvalue weighted by Crippen LogP contribution is -2.55. The van der Waals surface area contributed by atoms with Gasteiger partial charge in [0, 0.05) is 24.3 Å². The van der Waals surface area contributed by atoms with Gasteiger partial charge >= 0.3 is 12.0 Å². The number of carboxylic acids is 1. The number of anilines is 1. The number of benzene rings is 3. The Morgan fingerprint density at radius 1 is 0.884 bits per heavy atom. The van der Waals surface area contributed by atoms with Crippen LogP contribution in [-0.4, -0.2) is 79.3 Å². The zero-order chi connectivity index (χ0) is 31.1. The molecule has 4 amide bonds. The molecule has 2 unspecified atom stereocenters. The van der Waals surface area contributed by atoms with Crippen LogP contribution in [0.25, 0.3) is 0 Å². The average Bonchev–Trinajstić information content (AvgIpc) is 3.46. The SMILES string of the molecule is COc1ccc(NC(=O)N2CCN(C(=O)c3ccc(OC)c(OC)c3)C2C(=O)NC(CC(=O)O)c2ccc(F)cc2)cc1. The fourth-order valence-corrected chi connectivity index (χ4v) is 4.71. The number of amides is 4. The highest BCUT2D eigenvalue weighted by atomic mass is 19.1. The van der Waals surface area contributed by atoms with Crippen molar-refractivity contribution in [1.82, 2.24) is 15.1 Å². The highest BCUT2D eigenvalue weighted by molar-refractivity contribution is 6.01. The smallest absolute Gasteiger partial charge is 0.323 e. The molecular weight excluding hydrogens is 563 g/mol. The van der Waals surface area contributed by atoms with Crippen molar-refractivity contribution >= 4 is 29.5 Å². The summed E-state index contributed by atoms with van der Waals surface area (Å²) in [6, 6.07) is 14.3. The Hall–Kier alpha value is -5.33. The van der Waals surface area contributed by atoms with Crippen molar-refractivity contribution in [2.24, 2.45) is 0 Å². The summed E-state index contributed by atoms with van der Waals surface area (Å²) >= 11 is 0. The number of urea groups is 1. The summed E-state index contributed by atoms with van der Waals surface area (Å²) in [6.45, 7) is 0.000687. The van der Waals surface area contributed by atoms with Crippen LogP contribution in [0.2, 0.25) is 0 Å². The van der Waals surface area contributed by atoms with E-state index < -0.39 is 48.3 Å². The summed E-state index contributed by atoms with van der Waals surface area (Å²) in [7, 11) is 4.38. The van der Waals surface area contributed by atoms with Crippen LogP contribution in [0, 0.1) is 5.82 Å². The summed E-state index contributed by atoms with van der Waals surface area (Å²) in [5, 5.41) is 14.9. The number of carbonyl (C=O) groups is 4. The molecule has 4 rings (SSSR count). The number of carboxylic acid groups (broad SMARTS) is 1. The first-order valence-electron chi connectivity index (χ1n) is 13.2. The number of carbonyl (C=O) groups excluding carboxylic acids is 3. The minimum atomic E-state index is -1.45. The van der Waals surface area contributed by atoms with Gasteiger partial charge in [0.25, 0.3) is 11.8 Å². The zero-order valence-corrected chi connectivity index (χ0v) is 23.7. The topological polar surface area (TPSA) is 147 Å².